The van der Waals surface area contributed by atoms with E-state index < -0.39 is 18.0 Å². The Hall–Kier alpha value is -1.16. The summed E-state index contributed by atoms with van der Waals surface area (Å²) in [7, 11) is 0. The third-order valence-corrected chi connectivity index (χ3v) is 7.01. The minimum absolute atomic E-state index is 0.180. The molecular formula is C18H24O4. The highest BCUT2D eigenvalue weighted by atomic mass is 16.5. The molecule has 0 aromatic heterocycles. The van der Waals surface area contributed by atoms with Crippen molar-refractivity contribution in [3.05, 3.63) is 11.3 Å². The Morgan fingerprint density at radius 3 is 2.68 bits per heavy atom. The smallest absolute Gasteiger partial charge is 0.317 e. The Bertz CT molecular complexity index is 592. The maximum absolute atomic E-state index is 12.6. The fraction of sp³-hybridized carbons (Fsp3) is 0.778. The summed E-state index contributed by atoms with van der Waals surface area (Å²) in [5.41, 5.74) is 1.19. The molecule has 4 aliphatic rings. The molecule has 1 aliphatic heterocycles. The second-order valence-corrected chi connectivity index (χ2v) is 8.16. The van der Waals surface area contributed by atoms with Crippen molar-refractivity contribution in [2.75, 3.05) is 0 Å². The second kappa shape index (κ2) is 4.44. The van der Waals surface area contributed by atoms with Gasteiger partial charge in [-0.25, -0.2) is 0 Å². The van der Waals surface area contributed by atoms with Crippen LogP contribution in [0.1, 0.15) is 58.8 Å². The largest absolute Gasteiger partial charge is 0.430 e. The number of hydrogen-bond donors (Lipinski definition) is 1. The molecule has 120 valence electrons. The number of allylic oxidation sites excluding steroid dienone is 2. The quantitative estimate of drug-likeness (QED) is 0.699. The Labute approximate surface area is 130 Å². The van der Waals surface area contributed by atoms with E-state index >= 15 is 0 Å². The predicted octanol–water partition coefficient (Wildman–Crippen LogP) is 2.74. The first-order valence-electron chi connectivity index (χ1n) is 8.53. The van der Waals surface area contributed by atoms with E-state index in [1.165, 1.54) is 18.4 Å². The summed E-state index contributed by atoms with van der Waals surface area (Å²) in [5, 5.41) is 10.3. The normalized spacial score (nSPS) is 47.7. The molecule has 3 fully saturated rings. The molecule has 4 heteroatoms. The molecule has 3 aliphatic carbocycles. The molecule has 4 rings (SSSR count). The minimum Gasteiger partial charge on any atom is -0.430 e. The monoisotopic (exact) mass is 304 g/mol. The van der Waals surface area contributed by atoms with Crippen molar-refractivity contribution in [3.63, 3.8) is 0 Å². The Balaban J connectivity index is 1.82. The van der Waals surface area contributed by atoms with Gasteiger partial charge in [-0.1, -0.05) is 13.8 Å². The van der Waals surface area contributed by atoms with Gasteiger partial charge in [0.1, 0.15) is 11.9 Å². The fourth-order valence-corrected chi connectivity index (χ4v) is 5.57. The Morgan fingerprint density at radius 2 is 1.91 bits per heavy atom. The van der Waals surface area contributed by atoms with E-state index in [1.807, 2.05) is 0 Å². The van der Waals surface area contributed by atoms with Gasteiger partial charge in [0.25, 0.3) is 0 Å². The second-order valence-electron chi connectivity index (χ2n) is 8.16. The van der Waals surface area contributed by atoms with Crippen LogP contribution in [-0.4, -0.2) is 23.0 Å². The van der Waals surface area contributed by atoms with Crippen LogP contribution in [0.5, 0.6) is 0 Å². The number of aliphatic hydroxyl groups excluding tert-OH is 1. The van der Waals surface area contributed by atoms with E-state index in [0.717, 1.165) is 25.0 Å². The number of ketones is 1. The van der Waals surface area contributed by atoms with Crippen molar-refractivity contribution < 1.29 is 19.4 Å². The van der Waals surface area contributed by atoms with E-state index in [9.17, 15) is 14.7 Å². The zero-order valence-electron chi connectivity index (χ0n) is 13.4. The van der Waals surface area contributed by atoms with Crippen molar-refractivity contribution in [2.24, 2.45) is 22.7 Å². The van der Waals surface area contributed by atoms with Crippen molar-refractivity contribution in [2.45, 2.75) is 64.9 Å². The van der Waals surface area contributed by atoms with Crippen LogP contribution < -0.4 is 0 Å². The number of Topliss-reactive ketones (excluding diaryl/α,β-unsaturated/α-hetero) is 1. The molecule has 0 spiro atoms. The average Bonchev–Trinajstić information content (AvgIpc) is 2.85. The van der Waals surface area contributed by atoms with Gasteiger partial charge in [0.05, 0.1) is 5.92 Å². The van der Waals surface area contributed by atoms with Crippen molar-refractivity contribution in [3.8, 4) is 0 Å². The van der Waals surface area contributed by atoms with Gasteiger partial charge in [0, 0.05) is 12.3 Å². The topological polar surface area (TPSA) is 63.6 Å². The predicted molar refractivity (Wildman–Crippen MR) is 79.6 cm³/mol. The SMILES string of the molecule is CC12CCCC1=C1OC(=O)C3C(O)C(=O)CCC3(C)C1CC2. The van der Waals surface area contributed by atoms with E-state index in [2.05, 4.69) is 13.8 Å². The summed E-state index contributed by atoms with van der Waals surface area (Å²) in [5.74, 6) is -0.209. The number of carbonyl (C=O) groups excluding carboxylic acids is 2. The van der Waals surface area contributed by atoms with Crippen LogP contribution in [0.25, 0.3) is 0 Å². The molecule has 0 bridgehead atoms. The van der Waals surface area contributed by atoms with Gasteiger partial charge in [-0.05, 0) is 54.9 Å². The molecule has 22 heavy (non-hydrogen) atoms. The molecule has 4 nitrogen and oxygen atoms in total. The first-order chi connectivity index (χ1) is 10.4. The fourth-order valence-electron chi connectivity index (χ4n) is 5.57. The summed E-state index contributed by atoms with van der Waals surface area (Å²) in [6.45, 7) is 4.37. The third-order valence-electron chi connectivity index (χ3n) is 7.01. The third kappa shape index (κ3) is 1.67. The molecule has 0 aromatic rings. The Kier molecular flexibility index (Phi) is 2.91. The zero-order valence-corrected chi connectivity index (χ0v) is 13.4. The number of aliphatic hydroxyl groups is 1. The number of hydrogen-bond acceptors (Lipinski definition) is 4. The van der Waals surface area contributed by atoms with Gasteiger partial charge in [-0.2, -0.15) is 0 Å². The maximum atomic E-state index is 12.6. The molecule has 0 amide bonds. The van der Waals surface area contributed by atoms with Crippen LogP contribution in [0.15, 0.2) is 11.3 Å². The maximum Gasteiger partial charge on any atom is 0.317 e. The van der Waals surface area contributed by atoms with E-state index in [-0.39, 0.29) is 22.5 Å². The summed E-state index contributed by atoms with van der Waals surface area (Å²) in [4.78, 5) is 24.4. The first-order valence-corrected chi connectivity index (χ1v) is 8.53. The van der Waals surface area contributed by atoms with Crippen molar-refractivity contribution >= 4 is 11.8 Å². The van der Waals surface area contributed by atoms with E-state index in [4.69, 9.17) is 4.74 Å². The summed E-state index contributed by atoms with van der Waals surface area (Å²) in [6, 6.07) is 0. The summed E-state index contributed by atoms with van der Waals surface area (Å²) >= 11 is 0. The van der Waals surface area contributed by atoms with Crippen LogP contribution in [0.2, 0.25) is 0 Å². The van der Waals surface area contributed by atoms with E-state index in [1.54, 1.807) is 0 Å². The Morgan fingerprint density at radius 1 is 1.14 bits per heavy atom. The lowest BCUT2D eigenvalue weighted by Gasteiger charge is -2.53. The minimum atomic E-state index is -1.19. The van der Waals surface area contributed by atoms with Crippen LogP contribution >= 0.6 is 0 Å². The van der Waals surface area contributed by atoms with Crippen molar-refractivity contribution in [1.29, 1.82) is 0 Å². The van der Waals surface area contributed by atoms with Gasteiger partial charge < -0.3 is 9.84 Å². The van der Waals surface area contributed by atoms with Gasteiger partial charge in [-0.15, -0.1) is 0 Å². The molecule has 0 radical (unpaired) electrons. The molecule has 5 unspecified atom stereocenters. The highest BCUT2D eigenvalue weighted by molar-refractivity contribution is 5.91. The molecule has 1 heterocycles. The van der Waals surface area contributed by atoms with Crippen molar-refractivity contribution in [1.82, 2.24) is 0 Å². The van der Waals surface area contributed by atoms with E-state index in [0.29, 0.717) is 12.8 Å². The standard InChI is InChI=1S/C18H24O4/c1-17-7-3-4-10(17)15-11(5-8-17)18(2)9-6-12(19)14(20)13(18)16(21)22-15/h11,13-14,20H,3-9H2,1-2H3. The van der Waals surface area contributed by atoms with Crippen LogP contribution in [-0.2, 0) is 14.3 Å². The molecule has 5 atom stereocenters. The molecule has 0 aromatic carbocycles. The summed E-state index contributed by atoms with van der Waals surface area (Å²) in [6.07, 6.45) is 5.36. The number of esters is 1. The lowest BCUT2D eigenvalue weighted by molar-refractivity contribution is -0.180. The number of ether oxygens (including phenoxy) is 1. The first kappa shape index (κ1) is 14.4. The van der Waals surface area contributed by atoms with Gasteiger partial charge >= 0.3 is 5.97 Å². The van der Waals surface area contributed by atoms with Gasteiger partial charge in [0.2, 0.25) is 0 Å². The summed E-state index contributed by atoms with van der Waals surface area (Å²) < 4.78 is 5.75. The average molecular weight is 304 g/mol. The lowest BCUT2D eigenvalue weighted by Crippen LogP contribution is -2.57. The van der Waals surface area contributed by atoms with Crippen LogP contribution in [0.4, 0.5) is 0 Å². The molecule has 1 N–H and O–H groups in total. The van der Waals surface area contributed by atoms with Crippen LogP contribution in [0.3, 0.4) is 0 Å². The number of carbonyl (C=O) groups is 2. The highest BCUT2D eigenvalue weighted by Gasteiger charge is 2.60. The van der Waals surface area contributed by atoms with Gasteiger partial charge in [0.15, 0.2) is 5.78 Å². The lowest BCUT2D eigenvalue weighted by atomic mass is 9.54. The van der Waals surface area contributed by atoms with Crippen LogP contribution in [0, 0.1) is 22.7 Å². The number of rotatable bonds is 0. The molecule has 2 saturated carbocycles. The zero-order chi connectivity index (χ0) is 15.7. The highest BCUT2D eigenvalue weighted by Crippen LogP contribution is 2.61. The molecule has 1 saturated heterocycles. The number of fused-ring (bicyclic) bond motifs is 4. The van der Waals surface area contributed by atoms with Gasteiger partial charge in [-0.3, -0.25) is 9.59 Å². The molecular weight excluding hydrogens is 280 g/mol.